The zero-order valence-corrected chi connectivity index (χ0v) is 11.3. The maximum atomic E-state index is 12.1. The van der Waals surface area contributed by atoms with Gasteiger partial charge in [-0.2, -0.15) is 0 Å². The van der Waals surface area contributed by atoms with E-state index in [2.05, 4.69) is 5.10 Å². The Morgan fingerprint density at radius 3 is 2.80 bits per heavy atom. The third-order valence-corrected chi connectivity index (χ3v) is 3.15. The number of hydrogen-bond donors (Lipinski definition) is 1. The summed E-state index contributed by atoms with van der Waals surface area (Å²) in [5.74, 6) is -0.827. The minimum absolute atomic E-state index is 0.133. The lowest BCUT2D eigenvalue weighted by molar-refractivity contribution is -0.140. The van der Waals surface area contributed by atoms with Gasteiger partial charge < -0.3 is 14.7 Å². The number of anilines is 1. The first kappa shape index (κ1) is 14.3. The highest BCUT2D eigenvalue weighted by Gasteiger charge is 2.26. The molecule has 1 aliphatic heterocycles. The van der Waals surface area contributed by atoms with Gasteiger partial charge in [-0.05, 0) is 0 Å². The lowest BCUT2D eigenvalue weighted by Crippen LogP contribution is -2.49. The summed E-state index contributed by atoms with van der Waals surface area (Å²) in [6.07, 6.45) is -0.632. The predicted molar refractivity (Wildman–Crippen MR) is 68.9 cm³/mol. The van der Waals surface area contributed by atoms with Gasteiger partial charge in [0.2, 0.25) is 5.82 Å². The number of aromatic nitrogens is 3. The van der Waals surface area contributed by atoms with Crippen molar-refractivity contribution >= 4 is 11.8 Å². The largest absolute Gasteiger partial charge is 0.481 e. The molecule has 0 aliphatic carbocycles. The zero-order chi connectivity index (χ0) is 14.9. The molecular weight excluding hydrogens is 268 g/mol. The fourth-order valence-electron chi connectivity index (χ4n) is 2.11. The minimum atomic E-state index is -0.960. The zero-order valence-electron chi connectivity index (χ0n) is 11.3. The van der Waals surface area contributed by atoms with Crippen LogP contribution in [-0.2, 0) is 23.6 Å². The molecule has 0 amide bonds. The molecule has 1 N–H and O–H groups in total. The third kappa shape index (κ3) is 2.72. The molecule has 1 aromatic rings. The molecule has 1 atom stereocenters. The van der Waals surface area contributed by atoms with Gasteiger partial charge in [-0.1, -0.05) is 0 Å². The van der Waals surface area contributed by atoms with Crippen LogP contribution < -0.4 is 16.1 Å². The highest BCUT2D eigenvalue weighted by atomic mass is 16.5. The molecule has 9 nitrogen and oxygen atoms in total. The number of aliphatic carboxylic acids is 1. The Balaban J connectivity index is 2.30. The lowest BCUT2D eigenvalue weighted by Gasteiger charge is -2.32. The van der Waals surface area contributed by atoms with Crippen LogP contribution in [-0.4, -0.2) is 51.2 Å². The fraction of sp³-hybridized carbons (Fsp3) is 0.636. The van der Waals surface area contributed by atoms with E-state index in [1.54, 1.807) is 4.90 Å². The Bertz CT molecular complexity index is 635. The maximum absolute atomic E-state index is 12.1. The van der Waals surface area contributed by atoms with Crippen LogP contribution in [0.3, 0.4) is 0 Å². The summed E-state index contributed by atoms with van der Waals surface area (Å²) in [7, 11) is 2.84. The summed E-state index contributed by atoms with van der Waals surface area (Å²) < 4.78 is 7.39. The highest BCUT2D eigenvalue weighted by Crippen LogP contribution is 2.12. The standard InChI is InChI=1S/C11H16N4O5/c1-13-10(18)9(12-14(2)11(13)19)15-3-4-20-7(6-15)5-8(16)17/h7H,3-6H2,1-2H3,(H,16,17). The first-order valence-corrected chi connectivity index (χ1v) is 6.13. The molecule has 2 heterocycles. The number of morpholine rings is 1. The maximum Gasteiger partial charge on any atom is 0.346 e. The van der Waals surface area contributed by atoms with Crippen LogP contribution in [0, 0.1) is 0 Å². The third-order valence-electron chi connectivity index (χ3n) is 3.15. The molecule has 9 heteroatoms. The molecule has 1 aliphatic rings. The second-order valence-corrected chi connectivity index (χ2v) is 4.63. The van der Waals surface area contributed by atoms with Crippen molar-refractivity contribution in [3.63, 3.8) is 0 Å². The van der Waals surface area contributed by atoms with Crippen LogP contribution in [0.15, 0.2) is 9.59 Å². The number of carboxylic acid groups (broad SMARTS) is 1. The van der Waals surface area contributed by atoms with E-state index in [1.807, 2.05) is 0 Å². The summed E-state index contributed by atoms with van der Waals surface area (Å²) in [4.78, 5) is 36.0. The van der Waals surface area contributed by atoms with Gasteiger partial charge in [-0.3, -0.25) is 14.2 Å². The van der Waals surface area contributed by atoms with Crippen molar-refractivity contribution in [1.82, 2.24) is 14.3 Å². The van der Waals surface area contributed by atoms with Crippen molar-refractivity contribution in [2.24, 2.45) is 14.1 Å². The van der Waals surface area contributed by atoms with Gasteiger partial charge in [-0.25, -0.2) is 9.48 Å². The fourth-order valence-corrected chi connectivity index (χ4v) is 2.11. The smallest absolute Gasteiger partial charge is 0.346 e. The number of nitrogens with zero attached hydrogens (tertiary/aromatic N) is 4. The van der Waals surface area contributed by atoms with Gasteiger partial charge in [0.05, 0.1) is 19.1 Å². The van der Waals surface area contributed by atoms with Crippen LogP contribution >= 0.6 is 0 Å². The molecule has 1 unspecified atom stereocenters. The number of hydrogen-bond acceptors (Lipinski definition) is 6. The summed E-state index contributed by atoms with van der Waals surface area (Å²) in [6, 6.07) is 0. The quantitative estimate of drug-likeness (QED) is 0.695. The second kappa shape index (κ2) is 5.45. The van der Waals surface area contributed by atoms with Gasteiger partial charge in [0.1, 0.15) is 0 Å². The Hall–Kier alpha value is -2.16. The van der Waals surface area contributed by atoms with Crippen LogP contribution in [0.5, 0.6) is 0 Å². The number of carboxylic acids is 1. The molecule has 2 rings (SSSR count). The number of carbonyl (C=O) groups is 1. The molecule has 20 heavy (non-hydrogen) atoms. The Kier molecular flexibility index (Phi) is 3.89. The number of ether oxygens (including phenoxy) is 1. The molecule has 0 spiro atoms. The second-order valence-electron chi connectivity index (χ2n) is 4.63. The molecule has 1 aromatic heterocycles. The molecule has 0 aromatic carbocycles. The van der Waals surface area contributed by atoms with E-state index < -0.39 is 23.3 Å². The monoisotopic (exact) mass is 284 g/mol. The van der Waals surface area contributed by atoms with Gasteiger partial charge >= 0.3 is 11.7 Å². The van der Waals surface area contributed by atoms with Crippen molar-refractivity contribution in [3.05, 3.63) is 20.8 Å². The first-order valence-electron chi connectivity index (χ1n) is 6.13. The van der Waals surface area contributed by atoms with Crippen LogP contribution in [0.2, 0.25) is 0 Å². The van der Waals surface area contributed by atoms with Crippen LogP contribution in [0.1, 0.15) is 6.42 Å². The molecule has 110 valence electrons. The SMILES string of the molecule is Cn1nc(N2CCOC(CC(=O)O)C2)c(=O)n(C)c1=O. The van der Waals surface area contributed by atoms with Gasteiger partial charge in [0.25, 0.3) is 5.56 Å². The van der Waals surface area contributed by atoms with E-state index >= 15 is 0 Å². The summed E-state index contributed by atoms with van der Waals surface area (Å²) >= 11 is 0. The Morgan fingerprint density at radius 1 is 1.45 bits per heavy atom. The Morgan fingerprint density at radius 2 is 2.15 bits per heavy atom. The van der Waals surface area contributed by atoms with Crippen LogP contribution in [0.4, 0.5) is 5.82 Å². The summed E-state index contributed by atoms with van der Waals surface area (Å²) in [5.41, 5.74) is -1.00. The molecule has 1 saturated heterocycles. The van der Waals surface area contributed by atoms with E-state index in [-0.39, 0.29) is 18.8 Å². The normalized spacial score (nSPS) is 19.1. The lowest BCUT2D eigenvalue weighted by atomic mass is 10.2. The van der Waals surface area contributed by atoms with Crippen LogP contribution in [0.25, 0.3) is 0 Å². The van der Waals surface area contributed by atoms with Crippen molar-refractivity contribution in [1.29, 1.82) is 0 Å². The van der Waals surface area contributed by atoms with Gasteiger partial charge in [0, 0.05) is 27.2 Å². The highest BCUT2D eigenvalue weighted by molar-refractivity contribution is 5.67. The minimum Gasteiger partial charge on any atom is -0.481 e. The summed E-state index contributed by atoms with van der Waals surface area (Å²) in [5, 5.41) is 12.7. The predicted octanol–water partition coefficient (Wildman–Crippen LogP) is -1.84. The van der Waals surface area contributed by atoms with Crippen molar-refractivity contribution in [2.45, 2.75) is 12.5 Å². The summed E-state index contributed by atoms with van der Waals surface area (Å²) in [6.45, 7) is 0.995. The average Bonchev–Trinajstić information content (AvgIpc) is 2.40. The van der Waals surface area contributed by atoms with Gasteiger partial charge in [-0.15, -0.1) is 5.10 Å². The van der Waals surface area contributed by atoms with E-state index in [9.17, 15) is 14.4 Å². The molecule has 0 bridgehead atoms. The van der Waals surface area contributed by atoms with Crippen molar-refractivity contribution < 1.29 is 14.6 Å². The Labute approximate surface area is 114 Å². The van der Waals surface area contributed by atoms with Gasteiger partial charge in [0.15, 0.2) is 0 Å². The van der Waals surface area contributed by atoms with Crippen molar-refractivity contribution in [3.8, 4) is 0 Å². The average molecular weight is 284 g/mol. The molecule has 0 saturated carbocycles. The molecule has 1 fully saturated rings. The van der Waals surface area contributed by atoms with E-state index in [0.29, 0.717) is 13.2 Å². The van der Waals surface area contributed by atoms with E-state index in [4.69, 9.17) is 9.84 Å². The molecule has 0 radical (unpaired) electrons. The number of rotatable bonds is 3. The van der Waals surface area contributed by atoms with E-state index in [1.165, 1.54) is 14.1 Å². The van der Waals surface area contributed by atoms with Crippen molar-refractivity contribution in [2.75, 3.05) is 24.6 Å². The first-order chi connectivity index (χ1) is 9.40. The topological polar surface area (TPSA) is 107 Å². The number of aryl methyl sites for hydroxylation is 1. The van der Waals surface area contributed by atoms with E-state index in [0.717, 1.165) is 9.25 Å². The molecular formula is C11H16N4O5.